The van der Waals surface area contributed by atoms with Gasteiger partial charge in [-0.1, -0.05) is 201 Å². The lowest BCUT2D eigenvalue weighted by Crippen LogP contribution is -2.48. The van der Waals surface area contributed by atoms with Crippen LogP contribution in [0.2, 0.25) is 0 Å². The van der Waals surface area contributed by atoms with Gasteiger partial charge in [0.25, 0.3) is 0 Å². The molecule has 0 saturated carbocycles. The molecule has 4 nitrogen and oxygen atoms in total. The Morgan fingerprint density at radius 2 is 1.02 bits per heavy atom. The molecule has 0 aliphatic heterocycles. The van der Waals surface area contributed by atoms with Crippen molar-refractivity contribution < 1.29 is 19.1 Å². The van der Waals surface area contributed by atoms with Crippen LogP contribution in [0.25, 0.3) is 0 Å². The van der Waals surface area contributed by atoms with Crippen molar-refractivity contribution in [2.75, 3.05) is 49.4 Å². The molecule has 0 amide bonds. The number of rotatable bonds is 18. The van der Waals surface area contributed by atoms with Gasteiger partial charge < -0.3 is 9.47 Å². The normalized spacial score (nSPS) is 23.1. The first-order chi connectivity index (χ1) is 21.5. The fraction of sp³-hybridized carbons (Fsp3) is 0.677. The minimum Gasteiger partial charge on any atom is -0.380 e. The zero-order chi connectivity index (χ0) is 35.8. The number of hydrogen-bond acceptors (Lipinski definition) is 8. The second-order valence-electron chi connectivity index (χ2n) is 11.7. The van der Waals surface area contributed by atoms with Gasteiger partial charge in [0.15, 0.2) is 0 Å². The molecule has 0 radical (unpaired) electrons. The van der Waals surface area contributed by atoms with Crippen LogP contribution in [0.4, 0.5) is 0 Å². The smallest absolute Gasteiger partial charge is 0.214 e. The molecule has 0 fully saturated rings. The summed E-state index contributed by atoms with van der Waals surface area (Å²) in [5.74, 6) is 2.87. The topological polar surface area (TPSA) is 52.6 Å². The number of halogens is 8. The number of hydrogen-bond donors (Lipinski definition) is 0. The van der Waals surface area contributed by atoms with Crippen LogP contribution in [0.1, 0.15) is 40.5 Å². The second-order valence-corrected chi connectivity index (χ2v) is 31.5. The Kier molecular flexibility index (Phi) is 20.2. The monoisotopic (exact) mass is 1240 g/mol. The van der Waals surface area contributed by atoms with Crippen LogP contribution in [0.3, 0.4) is 0 Å². The van der Waals surface area contributed by atoms with Crippen LogP contribution in [0.5, 0.6) is 0 Å². The van der Waals surface area contributed by atoms with Gasteiger partial charge in [-0.05, 0) is 37.8 Å². The minimum absolute atomic E-state index is 0.0169. The third-order valence-electron chi connectivity index (χ3n) is 7.30. The summed E-state index contributed by atoms with van der Waals surface area (Å²) in [6, 6.07) is 0. The minimum atomic E-state index is -0.462. The zero-order valence-electron chi connectivity index (χ0n) is 26.6. The Bertz CT molecular complexity index is 1130. The summed E-state index contributed by atoms with van der Waals surface area (Å²) < 4.78 is 9.95. The van der Waals surface area contributed by atoms with E-state index in [0.717, 1.165) is 24.3 Å². The molecular formula is C31H40Br8O4S4. The van der Waals surface area contributed by atoms with E-state index >= 15 is 0 Å². The van der Waals surface area contributed by atoms with Crippen molar-refractivity contribution in [3.8, 4) is 0 Å². The van der Waals surface area contributed by atoms with Gasteiger partial charge in [-0.15, -0.1) is 0 Å². The molecule has 0 spiro atoms. The van der Waals surface area contributed by atoms with Crippen LogP contribution in [-0.2, 0) is 19.1 Å². The SMILES string of the molecule is C=C(C)C(=O)SCCOCCSC1C(Br)(Br)C=C(C(C)(C)C2=CC(Br)(Br)C(SCCOCCSC(=O)C(=C)C)C(Br)(Br)C2)CC1(Br)Br. The highest BCUT2D eigenvalue weighted by Crippen LogP contribution is 2.63. The number of thioether (sulfide) groups is 4. The summed E-state index contributed by atoms with van der Waals surface area (Å²) in [6.07, 6.45) is 6.24. The predicted octanol–water partition coefficient (Wildman–Crippen LogP) is 12.5. The number of allylic oxidation sites excluding steroid dienone is 4. The van der Waals surface area contributed by atoms with Gasteiger partial charge in [0, 0.05) is 28.4 Å². The van der Waals surface area contributed by atoms with Crippen molar-refractivity contribution in [2.45, 2.75) is 64.0 Å². The Labute approximate surface area is 365 Å². The van der Waals surface area contributed by atoms with Crippen molar-refractivity contribution in [3.05, 3.63) is 47.6 Å². The summed E-state index contributed by atoms with van der Waals surface area (Å²) in [7, 11) is 0. The lowest BCUT2D eigenvalue weighted by atomic mass is 9.70. The van der Waals surface area contributed by atoms with E-state index in [1.54, 1.807) is 13.8 Å². The van der Waals surface area contributed by atoms with Crippen molar-refractivity contribution in [2.24, 2.45) is 5.41 Å². The van der Waals surface area contributed by atoms with Crippen molar-refractivity contribution in [3.63, 3.8) is 0 Å². The van der Waals surface area contributed by atoms with Crippen LogP contribution < -0.4 is 0 Å². The summed E-state index contributed by atoms with van der Waals surface area (Å²) in [5, 5.41) is 0.263. The maximum atomic E-state index is 11.7. The fourth-order valence-electron chi connectivity index (χ4n) is 4.74. The lowest BCUT2D eigenvalue weighted by molar-refractivity contribution is -0.108. The molecule has 0 bridgehead atoms. The van der Waals surface area contributed by atoms with Gasteiger partial charge in [-0.2, -0.15) is 23.5 Å². The summed E-state index contributed by atoms with van der Waals surface area (Å²) in [6.45, 7) is 17.7. The highest BCUT2D eigenvalue weighted by atomic mass is 79.9. The molecule has 0 aromatic heterocycles. The average molecular weight is 1240 g/mol. The fourth-order valence-corrected chi connectivity index (χ4v) is 19.1. The molecule has 0 aromatic rings. The summed E-state index contributed by atoms with van der Waals surface area (Å²) in [4.78, 5) is 23.4. The molecule has 0 aromatic carbocycles. The maximum absolute atomic E-state index is 11.7. The third kappa shape index (κ3) is 14.6. The van der Waals surface area contributed by atoms with E-state index in [1.165, 1.54) is 34.7 Å². The van der Waals surface area contributed by atoms with E-state index in [1.807, 2.05) is 23.5 Å². The molecule has 2 aliphatic carbocycles. The van der Waals surface area contributed by atoms with E-state index in [0.29, 0.717) is 49.1 Å². The molecule has 0 saturated heterocycles. The van der Waals surface area contributed by atoms with Crippen LogP contribution >= 0.6 is 174 Å². The van der Waals surface area contributed by atoms with Crippen molar-refractivity contribution in [1.82, 2.24) is 0 Å². The zero-order valence-corrected chi connectivity index (χ0v) is 42.5. The van der Waals surface area contributed by atoms with E-state index in [-0.39, 0.29) is 32.6 Å². The molecule has 16 heteroatoms. The van der Waals surface area contributed by atoms with Crippen molar-refractivity contribution >= 4 is 185 Å². The van der Waals surface area contributed by atoms with Crippen LogP contribution in [0, 0.1) is 5.41 Å². The van der Waals surface area contributed by atoms with E-state index < -0.39 is 6.47 Å². The highest BCUT2D eigenvalue weighted by Gasteiger charge is 2.55. The maximum Gasteiger partial charge on any atom is 0.214 e. The standard InChI is InChI=1S/C31H40Br8O4S4/c1-19(2)23(40)44-11-7-42-9-13-46-25-28(32,33)15-21(16-29(25,34)35)27(5,6)22-17-30(36,37)26(31(38,39)18-22)47-14-10-43-8-12-45-24(41)20(3)4/h15,17,25-26H,1,3,7-14,16,18H2,2,4-6H3. The number of carbonyl (C=O) groups is 2. The van der Waals surface area contributed by atoms with E-state index in [9.17, 15) is 9.59 Å². The third-order valence-corrected chi connectivity index (χ3v) is 20.4. The first-order valence-electron chi connectivity index (χ1n) is 14.5. The van der Waals surface area contributed by atoms with Gasteiger partial charge in [0.2, 0.25) is 10.2 Å². The van der Waals surface area contributed by atoms with Gasteiger partial charge >= 0.3 is 0 Å². The van der Waals surface area contributed by atoms with Gasteiger partial charge in [-0.25, -0.2) is 0 Å². The lowest BCUT2D eigenvalue weighted by Gasteiger charge is -2.49. The number of ether oxygens (including phenoxy) is 2. The average Bonchev–Trinajstić information content (AvgIpc) is 2.92. The first-order valence-corrected chi connectivity index (χ1v) is 25.0. The number of alkyl halides is 8. The molecule has 2 atom stereocenters. The Morgan fingerprint density at radius 3 is 1.32 bits per heavy atom. The molecule has 2 rings (SSSR count). The van der Waals surface area contributed by atoms with Gasteiger partial charge in [0.1, 0.15) is 6.47 Å². The molecule has 268 valence electrons. The Morgan fingerprint density at radius 1 is 0.702 bits per heavy atom. The second kappa shape index (κ2) is 20.4. The highest BCUT2D eigenvalue weighted by molar-refractivity contribution is 9.27. The largest absolute Gasteiger partial charge is 0.380 e. The molecule has 2 aliphatic rings. The van der Waals surface area contributed by atoms with Gasteiger partial charge in [0.05, 0.1) is 43.4 Å². The predicted molar refractivity (Wildman–Crippen MR) is 240 cm³/mol. The number of carbonyl (C=O) groups excluding carboxylic acids is 2. The first kappa shape index (κ1) is 46.6. The van der Waals surface area contributed by atoms with Crippen molar-refractivity contribution in [1.29, 1.82) is 0 Å². The summed E-state index contributed by atoms with van der Waals surface area (Å²) in [5.41, 5.74) is 3.47. The van der Waals surface area contributed by atoms with Crippen LogP contribution in [0.15, 0.2) is 47.6 Å². The molecular weight excluding hydrogens is 1200 g/mol. The Hall–Kier alpha value is 3.46. The Balaban J connectivity index is 2.04. The van der Waals surface area contributed by atoms with E-state index in [2.05, 4.69) is 167 Å². The van der Waals surface area contributed by atoms with Gasteiger partial charge in [-0.3, -0.25) is 9.59 Å². The quantitative estimate of drug-likeness (QED) is 0.0582. The molecule has 0 heterocycles. The summed E-state index contributed by atoms with van der Waals surface area (Å²) >= 11 is 38.4. The molecule has 2 unspecified atom stereocenters. The molecule has 0 N–H and O–H groups in total. The van der Waals surface area contributed by atoms with E-state index in [4.69, 9.17) is 9.47 Å². The van der Waals surface area contributed by atoms with Crippen LogP contribution in [-0.4, -0.2) is 83.1 Å². The molecule has 47 heavy (non-hydrogen) atoms.